The largest absolute Gasteiger partial charge is 0.750 e. The minimum absolute atomic E-state index is 0.00998. The van der Waals surface area contributed by atoms with Crippen LogP contribution >= 0.6 is 19.9 Å². The summed E-state index contributed by atoms with van der Waals surface area (Å²) in [7, 11) is 0.813. The van der Waals surface area contributed by atoms with Crippen molar-refractivity contribution in [2.75, 3.05) is 110 Å². The van der Waals surface area contributed by atoms with E-state index < -0.39 is 108 Å². The number of nitrogens with two attached hydrogens (primary N) is 1. The molecule has 0 saturated carbocycles. The Bertz CT molecular complexity index is 3070. The van der Waals surface area contributed by atoms with Gasteiger partial charge in [-0.05, 0) is 50.8 Å². The summed E-state index contributed by atoms with van der Waals surface area (Å²) in [5, 5.41) is 18.6. The Morgan fingerprint density at radius 3 is 2.04 bits per heavy atom. The molecule has 10 amide bonds. The highest BCUT2D eigenvalue weighted by Gasteiger charge is 2.45. The molecule has 498 valence electrons. The summed E-state index contributed by atoms with van der Waals surface area (Å²) in [5.41, 5.74) is 6.07. The Morgan fingerprint density at radius 1 is 0.811 bits per heavy atom. The number of primary amides is 1. The van der Waals surface area contributed by atoms with Gasteiger partial charge in [0.15, 0.2) is 36.5 Å². The molecule has 0 aliphatic carbocycles. The lowest BCUT2D eigenvalue weighted by molar-refractivity contribution is -0.139. The van der Waals surface area contributed by atoms with E-state index in [2.05, 4.69) is 49.8 Å². The number of fused-ring (bicyclic) bond motifs is 4. The number of alkyl halides is 2. The second-order valence-corrected chi connectivity index (χ2v) is 27.2. The monoisotopic (exact) mass is 1330 g/mol. The molecule has 7 rings (SSSR count). The van der Waals surface area contributed by atoms with Crippen molar-refractivity contribution in [1.29, 1.82) is 0 Å². The Balaban J connectivity index is 0.962. The van der Waals surface area contributed by atoms with Crippen LogP contribution in [0.4, 0.5) is 25.0 Å². The van der Waals surface area contributed by atoms with Gasteiger partial charge in [-0.25, -0.2) is 17.8 Å². The molecular weight excluding hydrogens is 1250 g/mol. The van der Waals surface area contributed by atoms with Crippen molar-refractivity contribution in [2.24, 2.45) is 11.7 Å². The van der Waals surface area contributed by atoms with Gasteiger partial charge in [0.2, 0.25) is 35.4 Å². The summed E-state index contributed by atoms with van der Waals surface area (Å²) in [6.07, 6.45) is -3.64. The Hall–Kier alpha value is -7.06. The lowest BCUT2D eigenvalue weighted by atomic mass is 10.0. The lowest BCUT2D eigenvalue weighted by Gasteiger charge is -2.29. The molecule has 5 heterocycles. The number of urea groups is 1. The van der Waals surface area contributed by atoms with Crippen molar-refractivity contribution < 1.29 is 88.4 Å². The first-order valence-electron chi connectivity index (χ1n) is 29.7. The summed E-state index contributed by atoms with van der Waals surface area (Å²) >= 11 is 1.07. The molecule has 90 heavy (non-hydrogen) atoms. The second-order valence-electron chi connectivity index (χ2n) is 22.8. The average molecular weight is 1330 g/mol. The molecule has 4 unspecified atom stereocenters. The molecule has 10 atom stereocenters. The van der Waals surface area contributed by atoms with Crippen LogP contribution in [0.5, 0.6) is 23.0 Å². The Morgan fingerprint density at radius 2 is 1.42 bits per heavy atom. The minimum Gasteiger partial charge on any atom is -0.750 e. The normalized spacial score (nSPS) is 21.9. The summed E-state index contributed by atoms with van der Waals surface area (Å²) in [6, 6.07) is 1.55. The number of hydrogen-bond acceptors (Lipinski definition) is 20. The first-order chi connectivity index (χ1) is 42.8. The summed E-state index contributed by atoms with van der Waals surface area (Å²) in [4.78, 5) is 120. The SMILES string of the molecule is COc1cc2c(cc1OCCP(=O)(CCOc1cc3c(cc1OC)C(=O)N1C[C@H](F)C[C@H]1C(OS(=O)[O-])N3)N(C)CCCC(=O)NCCNC(=O)[C@@H](CCCNC(N)=O)NC(=O)[C@H](NC(=O)CCCN1C(=O)CC(S)C1=O)C(C)C)NC[C@@H]1C[C@@H](F)CN1C2=O. The molecule has 2 aromatic rings. The predicted octanol–water partition coefficient (Wildman–Crippen LogP) is 1.39. The van der Waals surface area contributed by atoms with Crippen molar-refractivity contribution in [2.45, 2.75) is 120 Å². The number of halogens is 2. The quantitative estimate of drug-likeness (QED) is 0.0160. The van der Waals surface area contributed by atoms with E-state index in [9.17, 15) is 60.7 Å². The van der Waals surface area contributed by atoms with E-state index in [-0.39, 0.29) is 187 Å². The maximum Gasteiger partial charge on any atom is 0.312 e. The topological polar surface area (TPSA) is 380 Å². The van der Waals surface area contributed by atoms with Crippen LogP contribution in [0.25, 0.3) is 0 Å². The number of anilines is 2. The maximum absolute atomic E-state index is 15.3. The fraction of sp³-hybridized carbons (Fsp3) is 0.625. The van der Waals surface area contributed by atoms with Crippen LogP contribution in [0.15, 0.2) is 24.3 Å². The van der Waals surface area contributed by atoms with Crippen LogP contribution in [0.3, 0.4) is 0 Å². The standard InChI is InChI=1S/C56H81F2N12O17PS2/c1-31(2)49(66-47(72)11-8-16-68-48(73)27-45(89)55(68)78)51(75)64-37(9-6-12-62-56(59)79)50(74)61-14-13-60-46(71)10-7-15-67(3)88(80,19-17-85-43-25-38-35(23-41(43)83-4)53(76)69-29-32(57)21-34(69)28-63-38)20-18-86-44-26-39-36(24-42(44)84-5)54(77)70-30-33(58)22-40(70)52(65-39)87-90(81)82/h23-26,31-34,37,40,45,49,52,63,65,89H,6-22,27-30H2,1-5H3,(H,60,71)(H,61,74)(H,64,75)(H,66,72)(H,81,82)(H3,59,62,79)/p-1/t32-,33-,34+,37-,40+,45?,49-,52?,88?/m1/s1. The zero-order valence-electron chi connectivity index (χ0n) is 50.7. The van der Waals surface area contributed by atoms with Crippen molar-refractivity contribution >= 4 is 95.9 Å². The minimum atomic E-state index is -3.53. The summed E-state index contributed by atoms with van der Waals surface area (Å²) < 4.78 is 98.1. The van der Waals surface area contributed by atoms with Gasteiger partial charge in [-0.1, -0.05) is 13.8 Å². The summed E-state index contributed by atoms with van der Waals surface area (Å²) in [5.74, 6) is -3.83. The van der Waals surface area contributed by atoms with Gasteiger partial charge < -0.3 is 80.8 Å². The number of carbonyl (C=O) groups is 9. The third kappa shape index (κ3) is 18.3. The van der Waals surface area contributed by atoms with Crippen LogP contribution in [0, 0.1) is 5.92 Å². The van der Waals surface area contributed by atoms with Gasteiger partial charge in [-0.2, -0.15) is 12.6 Å². The lowest BCUT2D eigenvalue weighted by Crippen LogP contribution is -2.55. The number of thiol groups is 1. The fourth-order valence-electron chi connectivity index (χ4n) is 11.3. The number of ether oxygens (including phenoxy) is 4. The molecule has 3 saturated heterocycles. The molecular formula is C56H80F2N12O17PS2-. The zero-order valence-corrected chi connectivity index (χ0v) is 53.3. The van der Waals surface area contributed by atoms with Crippen molar-refractivity contribution in [1.82, 2.24) is 46.0 Å². The molecule has 34 heteroatoms. The highest BCUT2D eigenvalue weighted by Crippen LogP contribution is 2.49. The van der Waals surface area contributed by atoms with Crippen LogP contribution < -0.4 is 61.9 Å². The molecule has 29 nitrogen and oxygen atoms in total. The van der Waals surface area contributed by atoms with Crippen LogP contribution in [-0.4, -0.2) is 229 Å². The third-order valence-corrected chi connectivity index (χ3v) is 20.1. The van der Waals surface area contributed by atoms with Gasteiger partial charge in [0, 0.05) is 95.8 Å². The van der Waals surface area contributed by atoms with E-state index >= 15 is 4.57 Å². The third-order valence-electron chi connectivity index (χ3n) is 16.1. The van der Waals surface area contributed by atoms with Crippen molar-refractivity contribution in [3.63, 3.8) is 0 Å². The Labute approximate surface area is 527 Å². The van der Waals surface area contributed by atoms with E-state index in [1.165, 1.54) is 42.2 Å². The van der Waals surface area contributed by atoms with E-state index in [1.54, 1.807) is 31.6 Å². The number of imide groups is 1. The highest BCUT2D eigenvalue weighted by atomic mass is 32.2. The second kappa shape index (κ2) is 32.3. The number of methoxy groups -OCH3 is 2. The van der Waals surface area contributed by atoms with E-state index in [4.69, 9.17) is 28.9 Å². The fourth-order valence-corrected chi connectivity index (χ4v) is 14.1. The average Bonchev–Trinajstić information content (AvgIpc) is 1.64. The van der Waals surface area contributed by atoms with E-state index in [0.717, 1.165) is 4.90 Å². The van der Waals surface area contributed by atoms with Crippen LogP contribution in [0.1, 0.15) is 92.4 Å². The van der Waals surface area contributed by atoms with Gasteiger partial charge in [-0.15, -0.1) is 0 Å². The zero-order chi connectivity index (χ0) is 65.6. The van der Waals surface area contributed by atoms with Crippen molar-refractivity contribution in [3.05, 3.63) is 35.4 Å². The number of amides is 10. The van der Waals surface area contributed by atoms with E-state index in [0.29, 0.717) is 12.2 Å². The molecule has 5 aliphatic rings. The molecule has 3 fully saturated rings. The van der Waals surface area contributed by atoms with Gasteiger partial charge >= 0.3 is 6.03 Å². The van der Waals surface area contributed by atoms with Gasteiger partial charge in [0.1, 0.15) is 24.4 Å². The molecule has 0 bridgehead atoms. The molecule has 2 aromatic carbocycles. The number of carbonyl (C=O) groups excluding carboxylic acids is 9. The Kier molecular flexibility index (Phi) is 25.3. The van der Waals surface area contributed by atoms with Gasteiger partial charge in [0.25, 0.3) is 11.8 Å². The smallest absolute Gasteiger partial charge is 0.312 e. The number of nitrogens with zero attached hydrogens (tertiary/aromatic N) is 4. The van der Waals surface area contributed by atoms with Gasteiger partial charge in [-0.3, -0.25) is 52.1 Å². The van der Waals surface area contributed by atoms with Crippen LogP contribution in [0.2, 0.25) is 0 Å². The number of benzene rings is 2. The first kappa shape index (κ1) is 70.4. The number of nitrogens with one attached hydrogen (secondary N) is 7. The molecule has 0 spiro atoms. The van der Waals surface area contributed by atoms with Crippen molar-refractivity contribution in [3.8, 4) is 23.0 Å². The first-order valence-corrected chi connectivity index (χ1v) is 33.2. The van der Waals surface area contributed by atoms with Crippen LogP contribution in [-0.2, 0) is 48.9 Å². The highest BCUT2D eigenvalue weighted by molar-refractivity contribution is 7.81. The van der Waals surface area contributed by atoms with Gasteiger partial charge in [0.05, 0.1) is 91.7 Å². The van der Waals surface area contributed by atoms with E-state index in [1.807, 2.05) is 0 Å². The number of hydrogen-bond donors (Lipinski definition) is 9. The molecule has 0 radical (unpaired) electrons. The number of rotatable bonds is 33. The number of likely N-dealkylation sites (tertiary alicyclic amines) is 1. The molecule has 9 N–H and O–H groups in total. The maximum atomic E-state index is 15.3. The molecule has 5 aliphatic heterocycles. The predicted molar refractivity (Wildman–Crippen MR) is 326 cm³/mol. The molecule has 0 aromatic heterocycles. The summed E-state index contributed by atoms with van der Waals surface area (Å²) in [6.45, 7) is 3.15.